The van der Waals surface area contributed by atoms with Crippen LogP contribution in [0.1, 0.15) is 51.9 Å². The van der Waals surface area contributed by atoms with Gasteiger partial charge in [-0.15, -0.1) is 0 Å². The number of carbonyl (C=O) groups is 3. The maximum Gasteiger partial charge on any atom is 0.328 e. The first-order valence-electron chi connectivity index (χ1n) is 7.34. The number of nitrogens with one attached hydrogen (secondary N) is 2. The Balaban J connectivity index is 2.11. The Morgan fingerprint density at radius 3 is 2.20 bits per heavy atom. The molecule has 1 aliphatic heterocycles. The third kappa shape index (κ3) is 2.70. The molecular weight excluding hydrogens is 260 g/mol. The number of imide groups is 2. The number of aliphatic hydroxyl groups is 1. The summed E-state index contributed by atoms with van der Waals surface area (Å²) >= 11 is 0. The molecule has 6 nitrogen and oxygen atoms in total. The normalized spacial score (nSPS) is 25.0. The molecule has 3 N–H and O–H groups in total. The van der Waals surface area contributed by atoms with E-state index in [0.717, 1.165) is 25.7 Å². The molecule has 1 aliphatic carbocycles. The highest BCUT2D eigenvalue weighted by Crippen LogP contribution is 2.36. The minimum Gasteiger partial charge on any atom is -0.393 e. The number of carbonyl (C=O) groups excluding carboxylic acids is 3. The van der Waals surface area contributed by atoms with Gasteiger partial charge in [-0.05, 0) is 31.6 Å². The molecule has 4 amide bonds. The molecule has 0 aromatic carbocycles. The molecule has 1 heterocycles. The van der Waals surface area contributed by atoms with Crippen LogP contribution in [-0.4, -0.2) is 29.1 Å². The number of hydrogen-bond donors (Lipinski definition) is 3. The van der Waals surface area contributed by atoms with Crippen molar-refractivity contribution in [1.29, 1.82) is 0 Å². The second-order valence-electron chi connectivity index (χ2n) is 5.84. The molecule has 2 fully saturated rings. The lowest BCUT2D eigenvalue weighted by Crippen LogP contribution is -2.63. The fraction of sp³-hybridized carbons (Fsp3) is 0.786. The Morgan fingerprint density at radius 1 is 1.15 bits per heavy atom. The van der Waals surface area contributed by atoms with Crippen molar-refractivity contribution in [3.8, 4) is 0 Å². The van der Waals surface area contributed by atoms with Gasteiger partial charge < -0.3 is 5.11 Å². The number of rotatable bonds is 4. The van der Waals surface area contributed by atoms with Crippen molar-refractivity contribution >= 4 is 17.8 Å². The summed E-state index contributed by atoms with van der Waals surface area (Å²) in [5, 5.41) is 14.7. The van der Waals surface area contributed by atoms with Gasteiger partial charge in [-0.2, -0.15) is 0 Å². The van der Waals surface area contributed by atoms with E-state index in [0.29, 0.717) is 0 Å². The molecule has 0 aromatic heterocycles. The third-order valence-corrected chi connectivity index (χ3v) is 4.68. The van der Waals surface area contributed by atoms with E-state index in [1.807, 2.05) is 0 Å². The smallest absolute Gasteiger partial charge is 0.328 e. The van der Waals surface area contributed by atoms with Crippen LogP contribution in [0.15, 0.2) is 0 Å². The van der Waals surface area contributed by atoms with Gasteiger partial charge in [0.05, 0.1) is 6.10 Å². The summed E-state index contributed by atoms with van der Waals surface area (Å²) in [6.07, 6.45) is 4.88. The van der Waals surface area contributed by atoms with Gasteiger partial charge in [0, 0.05) is 0 Å². The average molecular weight is 282 g/mol. The van der Waals surface area contributed by atoms with Crippen molar-refractivity contribution in [1.82, 2.24) is 10.6 Å². The lowest BCUT2D eigenvalue weighted by Gasteiger charge is -2.37. The topological polar surface area (TPSA) is 95.5 Å². The summed E-state index contributed by atoms with van der Waals surface area (Å²) in [6, 6.07) is -0.781. The number of amides is 4. The Labute approximate surface area is 118 Å². The summed E-state index contributed by atoms with van der Waals surface area (Å²) in [5.41, 5.74) is -1.33. The number of barbiturate groups is 1. The molecule has 20 heavy (non-hydrogen) atoms. The third-order valence-electron chi connectivity index (χ3n) is 4.68. The van der Waals surface area contributed by atoms with E-state index in [1.54, 1.807) is 6.92 Å². The SMILES string of the molecule is CCC1(CC(O)C2CCCCC2)C(=O)NC(=O)NC1=O. The largest absolute Gasteiger partial charge is 0.393 e. The van der Waals surface area contributed by atoms with Gasteiger partial charge in [0.25, 0.3) is 0 Å². The highest BCUT2D eigenvalue weighted by molar-refractivity contribution is 6.19. The highest BCUT2D eigenvalue weighted by Gasteiger charge is 2.50. The molecule has 2 aliphatic rings. The first-order valence-corrected chi connectivity index (χ1v) is 7.34. The van der Waals surface area contributed by atoms with Crippen molar-refractivity contribution in [2.24, 2.45) is 11.3 Å². The van der Waals surface area contributed by atoms with E-state index in [1.165, 1.54) is 6.42 Å². The molecule has 1 saturated carbocycles. The average Bonchev–Trinajstić information content (AvgIpc) is 2.43. The summed E-state index contributed by atoms with van der Waals surface area (Å²) in [6.45, 7) is 1.72. The number of aliphatic hydroxyl groups excluding tert-OH is 1. The molecule has 1 atom stereocenters. The molecule has 2 rings (SSSR count). The van der Waals surface area contributed by atoms with Crippen LogP contribution in [0.5, 0.6) is 0 Å². The Hall–Kier alpha value is -1.43. The number of hydrogen-bond acceptors (Lipinski definition) is 4. The first kappa shape index (κ1) is 15.0. The molecule has 0 radical (unpaired) electrons. The van der Waals surface area contributed by atoms with Crippen molar-refractivity contribution in [3.63, 3.8) is 0 Å². The second-order valence-corrected chi connectivity index (χ2v) is 5.84. The first-order chi connectivity index (χ1) is 9.49. The van der Waals surface area contributed by atoms with Gasteiger partial charge in [-0.3, -0.25) is 20.2 Å². The summed E-state index contributed by atoms with van der Waals surface area (Å²) in [7, 11) is 0. The van der Waals surface area contributed by atoms with E-state index < -0.39 is 29.4 Å². The van der Waals surface area contributed by atoms with E-state index >= 15 is 0 Å². The van der Waals surface area contributed by atoms with Crippen molar-refractivity contribution in [2.45, 2.75) is 58.0 Å². The van der Waals surface area contributed by atoms with Gasteiger partial charge in [0.15, 0.2) is 0 Å². The standard InChI is InChI=1S/C14H22N2O4/c1-2-14(11(18)15-13(20)16-12(14)19)8-10(17)9-6-4-3-5-7-9/h9-10,17H,2-8H2,1H3,(H2,15,16,18,19,20). The van der Waals surface area contributed by atoms with Gasteiger partial charge >= 0.3 is 6.03 Å². The Morgan fingerprint density at radius 2 is 1.70 bits per heavy atom. The van der Waals surface area contributed by atoms with Crippen LogP contribution in [-0.2, 0) is 9.59 Å². The molecule has 1 saturated heterocycles. The second kappa shape index (κ2) is 5.91. The predicted molar refractivity (Wildman–Crippen MR) is 71.6 cm³/mol. The molecule has 0 spiro atoms. The fourth-order valence-electron chi connectivity index (χ4n) is 3.27. The quantitative estimate of drug-likeness (QED) is 0.672. The molecular formula is C14H22N2O4. The van der Waals surface area contributed by atoms with Crippen LogP contribution in [0.25, 0.3) is 0 Å². The minimum absolute atomic E-state index is 0.0825. The predicted octanol–water partition coefficient (Wildman–Crippen LogP) is 1.08. The van der Waals surface area contributed by atoms with Gasteiger partial charge in [-0.25, -0.2) is 4.79 Å². The Bertz CT molecular complexity index is 395. The highest BCUT2D eigenvalue weighted by atomic mass is 16.3. The molecule has 112 valence electrons. The van der Waals surface area contributed by atoms with Crippen LogP contribution < -0.4 is 10.6 Å². The monoisotopic (exact) mass is 282 g/mol. The minimum atomic E-state index is -1.33. The summed E-state index contributed by atoms with van der Waals surface area (Å²) in [5.74, 6) is -1.04. The molecule has 6 heteroatoms. The molecule has 1 unspecified atom stereocenters. The van der Waals surface area contributed by atoms with Crippen LogP contribution in [0, 0.1) is 11.3 Å². The van der Waals surface area contributed by atoms with Gasteiger partial charge in [-0.1, -0.05) is 26.2 Å². The van der Waals surface area contributed by atoms with E-state index in [2.05, 4.69) is 10.6 Å². The van der Waals surface area contributed by atoms with E-state index in [-0.39, 0.29) is 18.8 Å². The lowest BCUT2D eigenvalue weighted by atomic mass is 9.72. The summed E-state index contributed by atoms with van der Waals surface area (Å²) in [4.78, 5) is 35.3. The van der Waals surface area contributed by atoms with Gasteiger partial charge in [0.1, 0.15) is 5.41 Å². The van der Waals surface area contributed by atoms with E-state index in [4.69, 9.17) is 0 Å². The van der Waals surface area contributed by atoms with Crippen LogP contribution in [0.4, 0.5) is 4.79 Å². The van der Waals surface area contributed by atoms with Crippen molar-refractivity contribution in [2.75, 3.05) is 0 Å². The maximum atomic E-state index is 12.1. The maximum absolute atomic E-state index is 12.1. The fourth-order valence-corrected chi connectivity index (χ4v) is 3.27. The molecule has 0 bridgehead atoms. The van der Waals surface area contributed by atoms with Crippen LogP contribution in [0.2, 0.25) is 0 Å². The van der Waals surface area contributed by atoms with Gasteiger partial charge in [0.2, 0.25) is 11.8 Å². The zero-order valence-corrected chi connectivity index (χ0v) is 11.8. The van der Waals surface area contributed by atoms with Crippen molar-refractivity contribution in [3.05, 3.63) is 0 Å². The van der Waals surface area contributed by atoms with Crippen LogP contribution >= 0.6 is 0 Å². The lowest BCUT2D eigenvalue weighted by molar-refractivity contribution is -0.147. The zero-order chi connectivity index (χ0) is 14.8. The number of urea groups is 1. The molecule has 0 aromatic rings. The van der Waals surface area contributed by atoms with E-state index in [9.17, 15) is 19.5 Å². The van der Waals surface area contributed by atoms with Crippen molar-refractivity contribution < 1.29 is 19.5 Å². The Kier molecular flexibility index (Phi) is 4.42. The zero-order valence-electron chi connectivity index (χ0n) is 11.8. The summed E-state index contributed by atoms with van der Waals surface area (Å²) < 4.78 is 0. The van der Waals surface area contributed by atoms with Crippen LogP contribution in [0.3, 0.4) is 0 Å².